The highest BCUT2D eigenvalue weighted by atomic mass is 32.1. The topological polar surface area (TPSA) is 71.0 Å². The summed E-state index contributed by atoms with van der Waals surface area (Å²) >= 11 is 5.07. The normalized spacial score (nSPS) is 10.4. The second-order valence-electron chi connectivity index (χ2n) is 4.61. The van der Waals surface area contributed by atoms with Crippen molar-refractivity contribution in [2.75, 3.05) is 13.1 Å². The predicted octanol–water partition coefficient (Wildman–Crippen LogP) is 0.331. The molecule has 0 radical (unpaired) electrons. The van der Waals surface area contributed by atoms with Crippen LogP contribution in [0.2, 0.25) is 0 Å². The van der Waals surface area contributed by atoms with Crippen molar-refractivity contribution in [1.82, 2.24) is 25.7 Å². The molecule has 3 N–H and O–H groups in total. The van der Waals surface area contributed by atoms with Crippen LogP contribution in [0.4, 0.5) is 0 Å². The quantitative estimate of drug-likeness (QED) is 0.537. The molecule has 0 saturated carbocycles. The molecule has 0 aliphatic carbocycles. The first-order valence-electron chi connectivity index (χ1n) is 6.23. The highest BCUT2D eigenvalue weighted by molar-refractivity contribution is 7.80. The van der Waals surface area contributed by atoms with E-state index in [2.05, 4.69) is 21.0 Å². The van der Waals surface area contributed by atoms with Gasteiger partial charge in [0.25, 0.3) is 5.91 Å². The molecule has 0 aromatic carbocycles. The third-order valence-corrected chi connectivity index (χ3v) is 2.72. The number of thiocarbonyl (C=S) groups is 1. The van der Waals surface area contributed by atoms with Gasteiger partial charge in [-0.2, -0.15) is 5.10 Å². The second-order valence-corrected chi connectivity index (χ2v) is 5.01. The van der Waals surface area contributed by atoms with Crippen LogP contribution in [0, 0.1) is 6.92 Å². The minimum absolute atomic E-state index is 0.173. The van der Waals surface area contributed by atoms with E-state index in [4.69, 9.17) is 12.2 Å². The van der Waals surface area contributed by atoms with Crippen LogP contribution in [0.3, 0.4) is 0 Å². The Morgan fingerprint density at radius 1 is 1.42 bits per heavy atom. The molecule has 0 aliphatic rings. The molecular weight excluding hydrogens is 262 g/mol. The first-order chi connectivity index (χ1) is 8.90. The van der Waals surface area contributed by atoms with Crippen LogP contribution in [-0.2, 0) is 7.05 Å². The number of carbonyl (C=O) groups excluding carboxylic acids is 1. The third-order valence-electron chi connectivity index (χ3n) is 2.46. The molecule has 1 aromatic rings. The lowest BCUT2D eigenvalue weighted by atomic mass is 10.3. The molecule has 1 aromatic heterocycles. The van der Waals surface area contributed by atoms with Crippen LogP contribution in [0.5, 0.6) is 0 Å². The number of amides is 1. The van der Waals surface area contributed by atoms with Crippen molar-refractivity contribution in [3.05, 3.63) is 17.5 Å². The molecule has 1 amide bonds. The van der Waals surface area contributed by atoms with Gasteiger partial charge in [0.05, 0.1) is 0 Å². The van der Waals surface area contributed by atoms with Crippen LogP contribution in [0.1, 0.15) is 30.0 Å². The van der Waals surface area contributed by atoms with Gasteiger partial charge in [-0.05, 0) is 39.1 Å². The number of nitrogens with one attached hydrogen (secondary N) is 3. The van der Waals surface area contributed by atoms with Crippen LogP contribution in [-0.4, -0.2) is 39.9 Å². The van der Waals surface area contributed by atoms with Crippen LogP contribution in [0.15, 0.2) is 6.07 Å². The Labute approximate surface area is 118 Å². The molecule has 6 nitrogen and oxygen atoms in total. The van der Waals surface area contributed by atoms with E-state index >= 15 is 0 Å². The Morgan fingerprint density at radius 3 is 2.58 bits per heavy atom. The number of aromatic nitrogens is 2. The maximum Gasteiger partial charge on any atom is 0.271 e. The summed E-state index contributed by atoms with van der Waals surface area (Å²) in [7, 11) is 1.81. The number of carbonyl (C=O) groups is 1. The van der Waals surface area contributed by atoms with Gasteiger partial charge in [0.2, 0.25) is 0 Å². The number of aryl methyl sites for hydroxylation is 2. The summed E-state index contributed by atoms with van der Waals surface area (Å²) in [5.74, 6) is -0.173. The van der Waals surface area contributed by atoms with E-state index in [-0.39, 0.29) is 5.91 Å². The van der Waals surface area contributed by atoms with Gasteiger partial charge in [-0.1, -0.05) is 0 Å². The Bertz CT molecular complexity index is 435. The number of hydrogen-bond donors (Lipinski definition) is 3. The lowest BCUT2D eigenvalue weighted by Crippen LogP contribution is -2.42. The summed E-state index contributed by atoms with van der Waals surface area (Å²) in [6, 6.07) is 2.05. The average molecular weight is 283 g/mol. The third kappa shape index (κ3) is 5.25. The van der Waals surface area contributed by atoms with Crippen LogP contribution < -0.4 is 16.0 Å². The monoisotopic (exact) mass is 283 g/mol. The summed E-state index contributed by atoms with van der Waals surface area (Å²) < 4.78 is 1.68. The van der Waals surface area contributed by atoms with Gasteiger partial charge in [0.1, 0.15) is 5.69 Å². The Kier molecular flexibility index (Phi) is 5.75. The minimum atomic E-state index is -0.173. The molecule has 0 saturated heterocycles. The maximum absolute atomic E-state index is 11.8. The predicted molar refractivity (Wildman–Crippen MR) is 79.2 cm³/mol. The molecule has 1 heterocycles. The van der Waals surface area contributed by atoms with Gasteiger partial charge in [-0.3, -0.25) is 9.48 Å². The van der Waals surface area contributed by atoms with Gasteiger partial charge < -0.3 is 16.0 Å². The first-order valence-corrected chi connectivity index (χ1v) is 6.64. The molecule has 0 unspecified atom stereocenters. The lowest BCUT2D eigenvalue weighted by Gasteiger charge is -2.13. The van der Waals surface area contributed by atoms with Crippen molar-refractivity contribution in [2.45, 2.75) is 26.8 Å². The molecule has 0 spiro atoms. The van der Waals surface area contributed by atoms with E-state index < -0.39 is 0 Å². The molecule has 19 heavy (non-hydrogen) atoms. The fourth-order valence-corrected chi connectivity index (χ4v) is 1.77. The van der Waals surface area contributed by atoms with E-state index in [1.807, 2.05) is 27.8 Å². The van der Waals surface area contributed by atoms with E-state index in [0.29, 0.717) is 29.9 Å². The molecule has 0 bridgehead atoms. The molecule has 0 fully saturated rings. The fraction of sp³-hybridized carbons (Fsp3) is 0.583. The standard InChI is InChI=1S/C12H21N5OS/c1-8(2)15-12(19)14-6-5-13-11(18)10-7-9(3)17(4)16-10/h7-8H,5-6H2,1-4H3,(H,13,18)(H2,14,15,19). The van der Waals surface area contributed by atoms with Crippen molar-refractivity contribution < 1.29 is 4.79 Å². The Morgan fingerprint density at radius 2 is 2.05 bits per heavy atom. The summed E-state index contributed by atoms with van der Waals surface area (Å²) in [5.41, 5.74) is 1.38. The molecular formula is C12H21N5OS. The minimum Gasteiger partial charge on any atom is -0.361 e. The van der Waals surface area contributed by atoms with Gasteiger partial charge in [-0.15, -0.1) is 0 Å². The summed E-state index contributed by atoms with van der Waals surface area (Å²) in [6.45, 7) is 7.00. The van der Waals surface area contributed by atoms with Gasteiger partial charge >= 0.3 is 0 Å². The largest absolute Gasteiger partial charge is 0.361 e. The molecule has 0 aliphatic heterocycles. The zero-order valence-electron chi connectivity index (χ0n) is 11.8. The summed E-state index contributed by atoms with van der Waals surface area (Å²) in [4.78, 5) is 11.8. The Hall–Kier alpha value is -1.63. The summed E-state index contributed by atoms with van der Waals surface area (Å²) in [5, 5.41) is 13.6. The van der Waals surface area contributed by atoms with E-state index in [1.165, 1.54) is 0 Å². The maximum atomic E-state index is 11.8. The van der Waals surface area contributed by atoms with Crippen molar-refractivity contribution >= 4 is 23.2 Å². The highest BCUT2D eigenvalue weighted by Gasteiger charge is 2.09. The lowest BCUT2D eigenvalue weighted by molar-refractivity contribution is 0.0948. The second kappa shape index (κ2) is 7.08. The molecule has 106 valence electrons. The number of rotatable bonds is 5. The SMILES string of the molecule is Cc1cc(C(=O)NCCNC(=S)NC(C)C)nn1C. The van der Waals surface area contributed by atoms with Crippen molar-refractivity contribution in [1.29, 1.82) is 0 Å². The zero-order valence-corrected chi connectivity index (χ0v) is 12.6. The van der Waals surface area contributed by atoms with Gasteiger partial charge in [-0.25, -0.2) is 0 Å². The van der Waals surface area contributed by atoms with Crippen LogP contribution >= 0.6 is 12.2 Å². The number of hydrogen-bond acceptors (Lipinski definition) is 3. The molecule has 1 rings (SSSR count). The Balaban J connectivity index is 2.26. The molecule has 7 heteroatoms. The first kappa shape index (κ1) is 15.4. The smallest absolute Gasteiger partial charge is 0.271 e. The summed E-state index contributed by atoms with van der Waals surface area (Å²) in [6.07, 6.45) is 0. The van der Waals surface area contributed by atoms with Crippen molar-refractivity contribution in [3.63, 3.8) is 0 Å². The van der Waals surface area contributed by atoms with E-state index in [9.17, 15) is 4.79 Å². The van der Waals surface area contributed by atoms with Gasteiger partial charge in [0, 0.05) is 31.9 Å². The average Bonchev–Trinajstić information content (AvgIpc) is 2.64. The highest BCUT2D eigenvalue weighted by Crippen LogP contribution is 2.00. The zero-order chi connectivity index (χ0) is 14.4. The van der Waals surface area contributed by atoms with E-state index in [0.717, 1.165) is 5.69 Å². The van der Waals surface area contributed by atoms with E-state index in [1.54, 1.807) is 10.7 Å². The van der Waals surface area contributed by atoms with Crippen molar-refractivity contribution in [3.8, 4) is 0 Å². The van der Waals surface area contributed by atoms with Crippen molar-refractivity contribution in [2.24, 2.45) is 7.05 Å². The fourth-order valence-electron chi connectivity index (χ4n) is 1.43. The van der Waals surface area contributed by atoms with Crippen LogP contribution in [0.25, 0.3) is 0 Å². The van der Waals surface area contributed by atoms with Gasteiger partial charge in [0.15, 0.2) is 5.11 Å². The number of nitrogens with zero attached hydrogens (tertiary/aromatic N) is 2. The molecule has 0 atom stereocenters.